The van der Waals surface area contributed by atoms with Gasteiger partial charge >= 0.3 is 0 Å². The van der Waals surface area contributed by atoms with E-state index in [2.05, 4.69) is 25.2 Å². The van der Waals surface area contributed by atoms with Crippen LogP contribution in [0.15, 0.2) is 48.1 Å². The van der Waals surface area contributed by atoms with E-state index in [4.69, 9.17) is 0 Å². The van der Waals surface area contributed by atoms with E-state index in [1.54, 1.807) is 13.0 Å². The van der Waals surface area contributed by atoms with Crippen LogP contribution in [0.5, 0.6) is 0 Å². The van der Waals surface area contributed by atoms with Crippen molar-refractivity contribution in [3.05, 3.63) is 48.1 Å². The summed E-state index contributed by atoms with van der Waals surface area (Å²) in [6.07, 6.45) is 15.0. The van der Waals surface area contributed by atoms with Gasteiger partial charge in [-0.2, -0.15) is 0 Å². The maximum atomic E-state index is 11.7. The average Bonchev–Trinajstić information content (AvgIpc) is 2.27. The molecule has 1 unspecified atom stereocenters. The molecule has 0 saturated heterocycles. The third-order valence-electron chi connectivity index (χ3n) is 3.02. The molecule has 2 nitrogen and oxygen atoms in total. The van der Waals surface area contributed by atoms with E-state index in [9.17, 15) is 9.90 Å². The Kier molecular flexibility index (Phi) is 4.47. The van der Waals surface area contributed by atoms with Gasteiger partial charge < -0.3 is 5.11 Å². The number of carbonyl (C=O) groups is 1. The first kappa shape index (κ1) is 14.7. The topological polar surface area (TPSA) is 37.3 Å². The number of ketones is 1. The van der Waals surface area contributed by atoms with Crippen molar-refractivity contribution in [1.82, 2.24) is 0 Å². The van der Waals surface area contributed by atoms with Gasteiger partial charge in [-0.15, -0.1) is 0 Å². The normalized spacial score (nSPS) is 24.8. The summed E-state index contributed by atoms with van der Waals surface area (Å²) in [4.78, 5) is 11.7. The highest BCUT2D eigenvalue weighted by Gasteiger charge is 2.24. The summed E-state index contributed by atoms with van der Waals surface area (Å²) in [6, 6.07) is 0. The zero-order valence-corrected chi connectivity index (χ0v) is 11.6. The molecular formula is C16H22O2. The number of rotatable bonds is 4. The van der Waals surface area contributed by atoms with Crippen molar-refractivity contribution >= 4 is 5.78 Å². The van der Waals surface area contributed by atoms with E-state index in [1.807, 2.05) is 18.2 Å². The molecule has 0 radical (unpaired) electrons. The van der Waals surface area contributed by atoms with E-state index < -0.39 is 5.60 Å². The second-order valence-electron chi connectivity index (χ2n) is 5.59. The van der Waals surface area contributed by atoms with Crippen molar-refractivity contribution in [2.24, 2.45) is 5.41 Å². The molecular weight excluding hydrogens is 224 g/mol. The van der Waals surface area contributed by atoms with E-state index in [0.717, 1.165) is 6.42 Å². The Balaban J connectivity index is 2.72. The number of aliphatic hydroxyl groups is 1. The predicted molar refractivity (Wildman–Crippen MR) is 75.2 cm³/mol. The minimum absolute atomic E-state index is 0.0172. The molecule has 0 fully saturated rings. The van der Waals surface area contributed by atoms with Crippen LogP contribution in [0.1, 0.15) is 34.1 Å². The van der Waals surface area contributed by atoms with Crippen LogP contribution in [0.4, 0.5) is 0 Å². The van der Waals surface area contributed by atoms with Crippen LogP contribution in [-0.4, -0.2) is 16.5 Å². The summed E-state index contributed by atoms with van der Waals surface area (Å²) in [6.45, 7) is 6.88. The maximum Gasteiger partial charge on any atom is 0.189 e. The minimum Gasteiger partial charge on any atom is -0.382 e. The lowest BCUT2D eigenvalue weighted by Crippen LogP contribution is -2.31. The Morgan fingerprint density at radius 3 is 2.56 bits per heavy atom. The van der Waals surface area contributed by atoms with Crippen molar-refractivity contribution < 1.29 is 9.90 Å². The van der Waals surface area contributed by atoms with E-state index in [0.29, 0.717) is 5.57 Å². The van der Waals surface area contributed by atoms with Crippen LogP contribution in [0, 0.1) is 5.41 Å². The van der Waals surface area contributed by atoms with Gasteiger partial charge in [0, 0.05) is 5.41 Å². The van der Waals surface area contributed by atoms with Gasteiger partial charge in [-0.1, -0.05) is 49.5 Å². The fourth-order valence-corrected chi connectivity index (χ4v) is 1.84. The van der Waals surface area contributed by atoms with Crippen LogP contribution in [0.25, 0.3) is 0 Å². The SMILES string of the molecule is C/C(=C\C=C/C1(C)C=CC=CC1)C(=O)C(C)(C)O. The molecule has 0 aromatic carbocycles. The molecule has 1 rings (SSSR count). The molecule has 1 N–H and O–H groups in total. The van der Waals surface area contributed by atoms with Gasteiger partial charge in [-0.05, 0) is 32.8 Å². The molecule has 18 heavy (non-hydrogen) atoms. The van der Waals surface area contributed by atoms with Crippen molar-refractivity contribution in [2.45, 2.75) is 39.7 Å². The molecule has 0 saturated carbocycles. The van der Waals surface area contributed by atoms with Crippen LogP contribution < -0.4 is 0 Å². The van der Waals surface area contributed by atoms with Crippen LogP contribution in [0.2, 0.25) is 0 Å². The highest BCUT2D eigenvalue weighted by Crippen LogP contribution is 2.28. The van der Waals surface area contributed by atoms with Crippen LogP contribution in [0.3, 0.4) is 0 Å². The van der Waals surface area contributed by atoms with Gasteiger partial charge in [0.2, 0.25) is 0 Å². The molecule has 2 heteroatoms. The molecule has 0 amide bonds. The highest BCUT2D eigenvalue weighted by atomic mass is 16.3. The molecule has 0 bridgehead atoms. The van der Waals surface area contributed by atoms with Gasteiger partial charge in [0.15, 0.2) is 5.78 Å². The first-order chi connectivity index (χ1) is 8.25. The summed E-state index contributed by atoms with van der Waals surface area (Å²) in [5.74, 6) is -0.239. The van der Waals surface area contributed by atoms with Crippen LogP contribution in [-0.2, 0) is 4.79 Å². The zero-order chi connectivity index (χ0) is 13.8. The molecule has 0 aromatic heterocycles. The first-order valence-electron chi connectivity index (χ1n) is 6.22. The Morgan fingerprint density at radius 2 is 2.06 bits per heavy atom. The highest BCUT2D eigenvalue weighted by molar-refractivity contribution is 6.00. The monoisotopic (exact) mass is 246 g/mol. The lowest BCUT2D eigenvalue weighted by atomic mass is 9.83. The van der Waals surface area contributed by atoms with Gasteiger partial charge in [-0.3, -0.25) is 4.79 Å². The molecule has 0 spiro atoms. The smallest absolute Gasteiger partial charge is 0.189 e. The Bertz CT molecular complexity index is 431. The fraction of sp³-hybridized carbons (Fsp3) is 0.438. The summed E-state index contributed by atoms with van der Waals surface area (Å²) in [5.41, 5.74) is -0.715. The minimum atomic E-state index is -1.30. The van der Waals surface area contributed by atoms with E-state index >= 15 is 0 Å². The summed E-state index contributed by atoms with van der Waals surface area (Å²) in [5, 5.41) is 9.62. The number of carbonyl (C=O) groups excluding carboxylic acids is 1. The second-order valence-corrected chi connectivity index (χ2v) is 5.59. The summed E-state index contributed by atoms with van der Waals surface area (Å²) < 4.78 is 0. The largest absolute Gasteiger partial charge is 0.382 e. The molecule has 1 aliphatic carbocycles. The Hall–Kier alpha value is -1.41. The standard InChI is InChI=1S/C16H22O2/c1-13(14(17)15(2,3)18)9-8-12-16(4)10-6-5-7-11-16/h5-10,12,18H,11H2,1-4H3/b12-8-,13-9+. The van der Waals surface area contributed by atoms with Gasteiger partial charge in [-0.25, -0.2) is 0 Å². The number of hydrogen-bond acceptors (Lipinski definition) is 2. The lowest BCUT2D eigenvalue weighted by molar-refractivity contribution is -0.129. The van der Waals surface area contributed by atoms with Crippen molar-refractivity contribution in [1.29, 1.82) is 0 Å². The van der Waals surface area contributed by atoms with Crippen molar-refractivity contribution in [3.63, 3.8) is 0 Å². The first-order valence-corrected chi connectivity index (χ1v) is 6.22. The maximum absolute atomic E-state index is 11.7. The molecule has 0 aliphatic heterocycles. The van der Waals surface area contributed by atoms with E-state index in [-0.39, 0.29) is 11.2 Å². The Morgan fingerprint density at radius 1 is 1.39 bits per heavy atom. The lowest BCUT2D eigenvalue weighted by Gasteiger charge is -2.21. The van der Waals surface area contributed by atoms with Gasteiger partial charge in [0.25, 0.3) is 0 Å². The van der Waals surface area contributed by atoms with E-state index in [1.165, 1.54) is 13.8 Å². The summed E-state index contributed by atoms with van der Waals surface area (Å²) >= 11 is 0. The average molecular weight is 246 g/mol. The zero-order valence-electron chi connectivity index (χ0n) is 11.6. The predicted octanol–water partition coefficient (Wildman–Crippen LogP) is 3.35. The number of allylic oxidation sites excluding steroid dienone is 7. The number of Topliss-reactive ketones (excluding diaryl/α,β-unsaturated/α-hetero) is 1. The molecule has 1 aliphatic rings. The van der Waals surface area contributed by atoms with Gasteiger partial charge in [0.05, 0.1) is 0 Å². The molecule has 0 heterocycles. The second kappa shape index (κ2) is 5.49. The van der Waals surface area contributed by atoms with Crippen LogP contribution >= 0.6 is 0 Å². The third-order valence-corrected chi connectivity index (χ3v) is 3.02. The number of hydrogen-bond donors (Lipinski definition) is 1. The molecule has 0 aromatic rings. The van der Waals surface area contributed by atoms with Crippen molar-refractivity contribution in [3.8, 4) is 0 Å². The summed E-state index contributed by atoms with van der Waals surface area (Å²) in [7, 11) is 0. The van der Waals surface area contributed by atoms with Gasteiger partial charge in [0.1, 0.15) is 5.60 Å². The third kappa shape index (κ3) is 4.11. The fourth-order valence-electron chi connectivity index (χ4n) is 1.84. The Labute approximate surface area is 109 Å². The molecule has 1 atom stereocenters. The molecule has 98 valence electrons. The van der Waals surface area contributed by atoms with Crippen molar-refractivity contribution in [2.75, 3.05) is 0 Å². The quantitative estimate of drug-likeness (QED) is 0.610.